The standard InChI is InChI=1S/C11H14N4O/c1-15-7-8(5-14-15)11(12)9-3-4-13-6-10(9)16-2/h3-7,11H,12H2,1-2H3. The molecule has 2 heterocycles. The van der Waals surface area contributed by atoms with Gasteiger partial charge in [0.05, 0.1) is 25.5 Å². The molecule has 2 aromatic rings. The predicted octanol–water partition coefficient (Wildman–Crippen LogP) is 0.872. The van der Waals surface area contributed by atoms with Crippen molar-refractivity contribution < 1.29 is 4.74 Å². The molecule has 2 aromatic heterocycles. The number of aryl methyl sites for hydroxylation is 1. The van der Waals surface area contributed by atoms with Crippen LogP contribution in [0, 0.1) is 0 Å². The molecule has 5 heteroatoms. The highest BCUT2D eigenvalue weighted by Gasteiger charge is 2.14. The van der Waals surface area contributed by atoms with Gasteiger partial charge in [0.2, 0.25) is 0 Å². The number of hydrogen-bond acceptors (Lipinski definition) is 4. The fourth-order valence-electron chi connectivity index (χ4n) is 1.60. The molecule has 0 aliphatic carbocycles. The van der Waals surface area contributed by atoms with E-state index in [2.05, 4.69) is 10.1 Å². The Labute approximate surface area is 93.9 Å². The van der Waals surface area contributed by atoms with Crippen LogP contribution in [-0.4, -0.2) is 21.9 Å². The zero-order chi connectivity index (χ0) is 11.5. The van der Waals surface area contributed by atoms with Crippen LogP contribution < -0.4 is 10.5 Å². The van der Waals surface area contributed by atoms with E-state index in [4.69, 9.17) is 10.5 Å². The molecule has 0 fully saturated rings. The second-order valence-corrected chi connectivity index (χ2v) is 3.54. The summed E-state index contributed by atoms with van der Waals surface area (Å²) in [6, 6.07) is 1.61. The van der Waals surface area contributed by atoms with Crippen molar-refractivity contribution in [2.24, 2.45) is 12.8 Å². The largest absolute Gasteiger partial charge is 0.495 e. The van der Waals surface area contributed by atoms with E-state index in [0.29, 0.717) is 5.75 Å². The molecule has 0 spiro atoms. The highest BCUT2D eigenvalue weighted by Crippen LogP contribution is 2.26. The summed E-state index contributed by atoms with van der Waals surface area (Å²) in [7, 11) is 3.47. The minimum absolute atomic E-state index is 0.244. The summed E-state index contributed by atoms with van der Waals surface area (Å²) < 4.78 is 6.95. The number of pyridine rings is 1. The van der Waals surface area contributed by atoms with Crippen molar-refractivity contribution in [3.05, 3.63) is 42.0 Å². The van der Waals surface area contributed by atoms with Gasteiger partial charge in [0, 0.05) is 30.6 Å². The zero-order valence-electron chi connectivity index (χ0n) is 9.29. The van der Waals surface area contributed by atoms with Crippen molar-refractivity contribution in [2.45, 2.75) is 6.04 Å². The van der Waals surface area contributed by atoms with Crippen molar-refractivity contribution in [1.29, 1.82) is 0 Å². The van der Waals surface area contributed by atoms with Gasteiger partial charge in [-0.2, -0.15) is 5.10 Å². The predicted molar refractivity (Wildman–Crippen MR) is 60.0 cm³/mol. The average molecular weight is 218 g/mol. The van der Waals surface area contributed by atoms with Crippen LogP contribution >= 0.6 is 0 Å². The van der Waals surface area contributed by atoms with Crippen LogP contribution in [0.2, 0.25) is 0 Å². The molecule has 0 bridgehead atoms. The quantitative estimate of drug-likeness (QED) is 0.830. The van der Waals surface area contributed by atoms with Crippen LogP contribution in [0.15, 0.2) is 30.9 Å². The van der Waals surface area contributed by atoms with Crippen LogP contribution in [0.25, 0.3) is 0 Å². The van der Waals surface area contributed by atoms with Crippen LogP contribution in [0.5, 0.6) is 5.75 Å². The van der Waals surface area contributed by atoms with E-state index in [-0.39, 0.29) is 6.04 Å². The summed E-state index contributed by atoms with van der Waals surface area (Å²) in [5.74, 6) is 0.693. The van der Waals surface area contributed by atoms with E-state index in [1.165, 1.54) is 0 Å². The molecular formula is C11H14N4O. The van der Waals surface area contributed by atoms with Crippen molar-refractivity contribution >= 4 is 0 Å². The first-order chi connectivity index (χ1) is 7.72. The number of aromatic nitrogens is 3. The second kappa shape index (κ2) is 4.32. The first kappa shape index (κ1) is 10.6. The first-order valence-corrected chi connectivity index (χ1v) is 4.94. The van der Waals surface area contributed by atoms with Gasteiger partial charge in [-0.3, -0.25) is 9.67 Å². The molecule has 2 rings (SSSR count). The Bertz CT molecular complexity index is 480. The number of hydrogen-bond donors (Lipinski definition) is 1. The Morgan fingerprint density at radius 3 is 2.88 bits per heavy atom. The van der Waals surface area contributed by atoms with Crippen LogP contribution in [-0.2, 0) is 7.05 Å². The van der Waals surface area contributed by atoms with Gasteiger partial charge in [-0.25, -0.2) is 0 Å². The Balaban J connectivity index is 2.36. The van der Waals surface area contributed by atoms with Crippen molar-refractivity contribution in [2.75, 3.05) is 7.11 Å². The van der Waals surface area contributed by atoms with Gasteiger partial charge in [0.1, 0.15) is 5.75 Å². The Hall–Kier alpha value is -1.88. The van der Waals surface area contributed by atoms with E-state index in [1.807, 2.05) is 19.3 Å². The molecule has 0 aliphatic rings. The lowest BCUT2D eigenvalue weighted by Crippen LogP contribution is -2.12. The van der Waals surface area contributed by atoms with E-state index >= 15 is 0 Å². The van der Waals surface area contributed by atoms with Crippen LogP contribution in [0.4, 0.5) is 0 Å². The van der Waals surface area contributed by atoms with Gasteiger partial charge in [0.25, 0.3) is 0 Å². The molecule has 0 aromatic carbocycles. The summed E-state index contributed by atoms with van der Waals surface area (Å²) in [4.78, 5) is 4.00. The van der Waals surface area contributed by atoms with Gasteiger partial charge in [-0.05, 0) is 6.07 Å². The van der Waals surface area contributed by atoms with Gasteiger partial charge < -0.3 is 10.5 Å². The van der Waals surface area contributed by atoms with E-state index in [1.54, 1.807) is 30.4 Å². The maximum atomic E-state index is 6.14. The normalized spacial score (nSPS) is 12.4. The topological polar surface area (TPSA) is 66.0 Å². The molecule has 0 radical (unpaired) electrons. The summed E-state index contributed by atoms with van der Waals surface area (Å²) in [6.45, 7) is 0. The maximum Gasteiger partial charge on any atom is 0.142 e. The lowest BCUT2D eigenvalue weighted by atomic mass is 10.0. The summed E-state index contributed by atoms with van der Waals surface area (Å²) in [6.07, 6.45) is 7.01. The number of rotatable bonds is 3. The SMILES string of the molecule is COc1cnccc1C(N)c1cnn(C)c1. The summed E-state index contributed by atoms with van der Waals surface area (Å²) >= 11 is 0. The van der Waals surface area contributed by atoms with Gasteiger partial charge in [0.15, 0.2) is 0 Å². The molecule has 5 nitrogen and oxygen atoms in total. The molecule has 0 amide bonds. The minimum atomic E-state index is -0.244. The van der Waals surface area contributed by atoms with Crippen LogP contribution in [0.3, 0.4) is 0 Å². The third kappa shape index (κ3) is 1.90. The molecule has 16 heavy (non-hydrogen) atoms. The van der Waals surface area contributed by atoms with Crippen LogP contribution in [0.1, 0.15) is 17.2 Å². The second-order valence-electron chi connectivity index (χ2n) is 3.54. The smallest absolute Gasteiger partial charge is 0.142 e. The molecule has 0 aliphatic heterocycles. The van der Waals surface area contributed by atoms with Crippen molar-refractivity contribution in [3.63, 3.8) is 0 Å². The zero-order valence-corrected chi connectivity index (χ0v) is 9.29. The lowest BCUT2D eigenvalue weighted by Gasteiger charge is -2.13. The van der Waals surface area contributed by atoms with E-state index in [0.717, 1.165) is 11.1 Å². The molecule has 0 saturated heterocycles. The minimum Gasteiger partial charge on any atom is -0.495 e. The third-order valence-corrected chi connectivity index (χ3v) is 2.46. The summed E-state index contributed by atoms with van der Waals surface area (Å²) in [5.41, 5.74) is 8.00. The van der Waals surface area contributed by atoms with Gasteiger partial charge >= 0.3 is 0 Å². The van der Waals surface area contributed by atoms with E-state index < -0.39 is 0 Å². The Morgan fingerprint density at radius 1 is 1.44 bits per heavy atom. The molecular weight excluding hydrogens is 204 g/mol. The number of nitrogens with two attached hydrogens (primary N) is 1. The molecule has 1 atom stereocenters. The lowest BCUT2D eigenvalue weighted by molar-refractivity contribution is 0.406. The van der Waals surface area contributed by atoms with Crippen molar-refractivity contribution in [1.82, 2.24) is 14.8 Å². The van der Waals surface area contributed by atoms with Gasteiger partial charge in [-0.15, -0.1) is 0 Å². The Morgan fingerprint density at radius 2 is 2.25 bits per heavy atom. The highest BCUT2D eigenvalue weighted by atomic mass is 16.5. The van der Waals surface area contributed by atoms with Crippen molar-refractivity contribution in [3.8, 4) is 5.75 Å². The maximum absolute atomic E-state index is 6.14. The monoisotopic (exact) mass is 218 g/mol. The van der Waals surface area contributed by atoms with Gasteiger partial charge in [-0.1, -0.05) is 0 Å². The number of ether oxygens (including phenoxy) is 1. The molecule has 2 N–H and O–H groups in total. The Kier molecular flexibility index (Phi) is 2.87. The molecule has 84 valence electrons. The third-order valence-electron chi connectivity index (χ3n) is 2.46. The fraction of sp³-hybridized carbons (Fsp3) is 0.273. The molecule has 0 saturated carbocycles. The van der Waals surface area contributed by atoms with E-state index in [9.17, 15) is 0 Å². The molecule has 1 unspecified atom stereocenters. The highest BCUT2D eigenvalue weighted by molar-refractivity contribution is 5.37. The fourth-order valence-corrected chi connectivity index (χ4v) is 1.60. The average Bonchev–Trinajstić information content (AvgIpc) is 2.75. The first-order valence-electron chi connectivity index (χ1n) is 4.94. The number of nitrogens with zero attached hydrogens (tertiary/aromatic N) is 3. The number of methoxy groups -OCH3 is 1. The summed E-state index contributed by atoms with van der Waals surface area (Å²) in [5, 5.41) is 4.10.